The number of aryl methyl sites for hydroxylation is 1. The van der Waals surface area contributed by atoms with E-state index in [0.717, 1.165) is 67.0 Å². The highest BCUT2D eigenvalue weighted by molar-refractivity contribution is 5.96. The van der Waals surface area contributed by atoms with Crippen LogP contribution in [0.25, 0.3) is 0 Å². The Labute approximate surface area is 283 Å². The summed E-state index contributed by atoms with van der Waals surface area (Å²) < 4.78 is 17.1. The van der Waals surface area contributed by atoms with Gasteiger partial charge in [-0.25, -0.2) is 9.78 Å². The van der Waals surface area contributed by atoms with Gasteiger partial charge in [-0.2, -0.15) is 0 Å². The van der Waals surface area contributed by atoms with Crippen molar-refractivity contribution in [3.63, 3.8) is 0 Å². The van der Waals surface area contributed by atoms with Crippen molar-refractivity contribution in [3.05, 3.63) is 70.9 Å². The molecule has 1 aliphatic carbocycles. The summed E-state index contributed by atoms with van der Waals surface area (Å²) in [6, 6.07) is 11.6. The number of aliphatic hydroxyl groups is 1. The summed E-state index contributed by atoms with van der Waals surface area (Å²) in [5.74, 6) is 1.03. The van der Waals surface area contributed by atoms with Crippen molar-refractivity contribution in [1.82, 2.24) is 15.2 Å². The van der Waals surface area contributed by atoms with Gasteiger partial charge in [0.2, 0.25) is 0 Å². The smallest absolute Gasteiger partial charge is 0.410 e. The minimum absolute atomic E-state index is 0.0187. The first kappa shape index (κ1) is 33.6. The summed E-state index contributed by atoms with van der Waals surface area (Å²) >= 11 is 0. The molecule has 3 heterocycles. The molecule has 6 rings (SSSR count). The molecule has 2 fully saturated rings. The molecule has 2 atom stereocenters. The number of oxazole rings is 1. The molecule has 2 aromatic carbocycles. The molecule has 48 heavy (non-hydrogen) atoms. The summed E-state index contributed by atoms with van der Waals surface area (Å²) in [6.07, 6.45) is 7.25. The van der Waals surface area contributed by atoms with Gasteiger partial charge in [-0.3, -0.25) is 9.69 Å². The number of amides is 2. The van der Waals surface area contributed by atoms with E-state index in [1.54, 1.807) is 4.90 Å². The normalized spacial score (nSPS) is 18.8. The van der Waals surface area contributed by atoms with Crippen molar-refractivity contribution in [3.8, 4) is 5.75 Å². The second-order valence-electron chi connectivity index (χ2n) is 14.3. The second-order valence-corrected chi connectivity index (χ2v) is 14.3. The van der Waals surface area contributed by atoms with Crippen LogP contribution in [-0.4, -0.2) is 70.4 Å². The van der Waals surface area contributed by atoms with E-state index in [2.05, 4.69) is 26.6 Å². The maximum Gasteiger partial charge on any atom is 0.410 e. The highest BCUT2D eigenvalue weighted by Crippen LogP contribution is 2.32. The second kappa shape index (κ2) is 14.5. The maximum absolute atomic E-state index is 13.6. The SMILES string of the molecule is Cc1ncoc1COc1ccc2c(c1)CN(C(=O)OC(C)(C)C)[C@H]([C@H](O)CNC(=O)c1cc(NC3CCC3)cc(N3CCCCC3)c1)C2. The third kappa shape index (κ3) is 8.24. The zero-order chi connectivity index (χ0) is 33.8. The fourth-order valence-corrected chi connectivity index (χ4v) is 6.54. The molecule has 0 bridgehead atoms. The molecule has 258 valence electrons. The van der Waals surface area contributed by atoms with Crippen LogP contribution in [0, 0.1) is 6.92 Å². The number of nitrogens with one attached hydrogen (secondary N) is 2. The van der Waals surface area contributed by atoms with Crippen molar-refractivity contribution in [2.24, 2.45) is 0 Å². The average molecular weight is 660 g/mol. The first-order valence-electron chi connectivity index (χ1n) is 17.3. The quantitative estimate of drug-likeness (QED) is 0.241. The van der Waals surface area contributed by atoms with Crippen LogP contribution in [0.2, 0.25) is 0 Å². The molecule has 1 saturated heterocycles. The van der Waals surface area contributed by atoms with E-state index < -0.39 is 23.8 Å². The van der Waals surface area contributed by atoms with Crippen LogP contribution in [0.15, 0.2) is 47.2 Å². The Morgan fingerprint density at radius 3 is 2.54 bits per heavy atom. The predicted molar refractivity (Wildman–Crippen MR) is 183 cm³/mol. The number of aliphatic hydroxyl groups excluding tert-OH is 1. The monoisotopic (exact) mass is 659 g/mol. The van der Waals surface area contributed by atoms with Crippen molar-refractivity contribution >= 4 is 23.4 Å². The van der Waals surface area contributed by atoms with E-state index in [4.69, 9.17) is 13.9 Å². The molecular weight excluding hydrogens is 610 g/mol. The number of benzene rings is 2. The summed E-state index contributed by atoms with van der Waals surface area (Å²) in [5.41, 5.74) is 4.50. The molecule has 3 aliphatic rings. The number of hydrogen-bond acceptors (Lipinski definition) is 9. The number of rotatable bonds is 10. The van der Waals surface area contributed by atoms with E-state index >= 15 is 0 Å². The highest BCUT2D eigenvalue weighted by atomic mass is 16.6. The lowest BCUT2D eigenvalue weighted by atomic mass is 9.91. The maximum atomic E-state index is 13.6. The Morgan fingerprint density at radius 2 is 1.85 bits per heavy atom. The number of nitrogens with zero attached hydrogens (tertiary/aromatic N) is 3. The van der Waals surface area contributed by atoms with Gasteiger partial charge in [0.05, 0.1) is 17.8 Å². The summed E-state index contributed by atoms with van der Waals surface area (Å²) in [6.45, 7) is 9.71. The lowest BCUT2D eigenvalue weighted by Crippen LogP contribution is -2.54. The van der Waals surface area contributed by atoms with Gasteiger partial charge in [0, 0.05) is 49.2 Å². The summed E-state index contributed by atoms with van der Waals surface area (Å²) in [4.78, 5) is 35.1. The van der Waals surface area contributed by atoms with Crippen molar-refractivity contribution < 1.29 is 28.6 Å². The van der Waals surface area contributed by atoms with E-state index in [0.29, 0.717) is 29.5 Å². The summed E-state index contributed by atoms with van der Waals surface area (Å²) in [5, 5.41) is 18.1. The van der Waals surface area contributed by atoms with Crippen molar-refractivity contribution in [2.45, 2.75) is 110 Å². The Morgan fingerprint density at radius 1 is 1.06 bits per heavy atom. The number of aromatic nitrogens is 1. The molecule has 0 unspecified atom stereocenters. The third-order valence-corrected chi connectivity index (χ3v) is 9.48. The molecule has 3 N–H and O–H groups in total. The minimum atomic E-state index is -1.03. The Hall–Kier alpha value is -4.25. The van der Waals surface area contributed by atoms with Crippen LogP contribution < -0.4 is 20.3 Å². The molecule has 1 saturated carbocycles. The molecular formula is C37H49N5O6. The van der Waals surface area contributed by atoms with Gasteiger partial charge < -0.3 is 34.5 Å². The number of fused-ring (bicyclic) bond motifs is 1. The van der Waals surface area contributed by atoms with E-state index in [9.17, 15) is 14.7 Å². The minimum Gasteiger partial charge on any atom is -0.486 e. The van der Waals surface area contributed by atoms with Gasteiger partial charge in [0.15, 0.2) is 12.2 Å². The van der Waals surface area contributed by atoms with Crippen LogP contribution in [0.3, 0.4) is 0 Å². The molecule has 1 aromatic heterocycles. The van der Waals surface area contributed by atoms with Gasteiger partial charge in [-0.15, -0.1) is 0 Å². The lowest BCUT2D eigenvalue weighted by Gasteiger charge is -2.40. The zero-order valence-electron chi connectivity index (χ0n) is 28.6. The molecule has 11 heteroatoms. The van der Waals surface area contributed by atoms with Crippen LogP contribution in [0.5, 0.6) is 5.75 Å². The predicted octanol–water partition coefficient (Wildman–Crippen LogP) is 5.97. The first-order chi connectivity index (χ1) is 23.0. The lowest BCUT2D eigenvalue weighted by molar-refractivity contribution is -0.0113. The Balaban J connectivity index is 1.16. The largest absolute Gasteiger partial charge is 0.486 e. The number of carbonyl (C=O) groups excluding carboxylic acids is 2. The standard InChI is InChI=1S/C37H49N5O6/c1-24-34(47-23-39-24)22-46-31-12-11-25-18-32(42(21-27(25)17-31)36(45)48-37(2,3)4)33(43)20-38-35(44)26-15-29(40-28-9-8-10-28)19-30(16-26)41-13-6-5-7-14-41/h11-12,15-17,19,23,28,32-33,40,43H,5-10,13-14,18,20-22H2,1-4H3,(H,38,44)/t32-,33+/m0/s1. The zero-order valence-corrected chi connectivity index (χ0v) is 28.6. The van der Waals surface area contributed by atoms with Gasteiger partial charge in [0.1, 0.15) is 18.0 Å². The van der Waals surface area contributed by atoms with E-state index in [1.165, 1.54) is 19.2 Å². The number of ether oxygens (including phenoxy) is 2. The van der Waals surface area contributed by atoms with Gasteiger partial charge in [-0.05, 0) is 114 Å². The molecule has 0 spiro atoms. The van der Waals surface area contributed by atoms with Gasteiger partial charge >= 0.3 is 6.09 Å². The van der Waals surface area contributed by atoms with Gasteiger partial charge in [0.25, 0.3) is 5.91 Å². The molecule has 2 aliphatic heterocycles. The topological polar surface area (TPSA) is 129 Å². The first-order valence-corrected chi connectivity index (χ1v) is 17.3. The number of anilines is 2. The van der Waals surface area contributed by atoms with Crippen molar-refractivity contribution in [2.75, 3.05) is 29.9 Å². The highest BCUT2D eigenvalue weighted by Gasteiger charge is 2.37. The Bertz CT molecular complexity index is 1590. The molecule has 3 aromatic rings. The molecule has 0 radical (unpaired) electrons. The van der Waals surface area contributed by atoms with Crippen molar-refractivity contribution in [1.29, 1.82) is 0 Å². The average Bonchev–Trinajstić information content (AvgIpc) is 3.47. The Kier molecular flexibility index (Phi) is 10.1. The fraction of sp³-hybridized carbons (Fsp3) is 0.541. The third-order valence-electron chi connectivity index (χ3n) is 9.48. The van der Waals surface area contributed by atoms with Gasteiger partial charge in [-0.1, -0.05) is 6.07 Å². The summed E-state index contributed by atoms with van der Waals surface area (Å²) in [7, 11) is 0. The molecule has 11 nitrogen and oxygen atoms in total. The van der Waals surface area contributed by atoms with E-state index in [-0.39, 0.29) is 25.6 Å². The van der Waals surface area contributed by atoms with Crippen LogP contribution >= 0.6 is 0 Å². The van der Waals surface area contributed by atoms with Crippen LogP contribution in [0.1, 0.15) is 92.2 Å². The number of piperidine rings is 1. The van der Waals surface area contributed by atoms with Crippen LogP contribution in [0.4, 0.5) is 16.2 Å². The van der Waals surface area contributed by atoms with E-state index in [1.807, 2.05) is 58.0 Å². The number of carbonyl (C=O) groups is 2. The molecule has 2 amide bonds. The van der Waals surface area contributed by atoms with Crippen LogP contribution in [-0.2, 0) is 24.3 Å². The fourth-order valence-electron chi connectivity index (χ4n) is 6.54. The number of hydrogen-bond donors (Lipinski definition) is 3.